The molecule has 28 heavy (non-hydrogen) atoms. The zero-order chi connectivity index (χ0) is 19.8. The highest BCUT2D eigenvalue weighted by atomic mass is 16.6. The average Bonchev–Trinajstić information content (AvgIpc) is 3.16. The molecule has 0 aliphatic rings. The Kier molecular flexibility index (Phi) is 6.57. The number of rotatable bonds is 9. The predicted octanol–water partition coefficient (Wildman–Crippen LogP) is 4.81. The lowest BCUT2D eigenvalue weighted by Crippen LogP contribution is -2.20. The highest BCUT2D eigenvalue weighted by Gasteiger charge is 2.17. The van der Waals surface area contributed by atoms with Gasteiger partial charge in [-0.2, -0.15) is 0 Å². The van der Waals surface area contributed by atoms with E-state index in [4.69, 9.17) is 14.4 Å². The van der Waals surface area contributed by atoms with Gasteiger partial charge in [0, 0.05) is 23.8 Å². The number of aryl methyl sites for hydroxylation is 1. The van der Waals surface area contributed by atoms with Crippen LogP contribution in [0.15, 0.2) is 70.2 Å². The van der Waals surface area contributed by atoms with E-state index in [1.54, 1.807) is 13.1 Å². The van der Waals surface area contributed by atoms with Crippen molar-refractivity contribution in [3.8, 4) is 22.6 Å². The van der Waals surface area contributed by atoms with Crippen molar-refractivity contribution in [3.63, 3.8) is 0 Å². The van der Waals surface area contributed by atoms with Gasteiger partial charge in [-0.05, 0) is 12.8 Å². The Bertz CT molecular complexity index is 863. The van der Waals surface area contributed by atoms with Gasteiger partial charge in [0.25, 0.3) is 0 Å². The summed E-state index contributed by atoms with van der Waals surface area (Å²) in [5, 5.41) is 12.7. The molecule has 0 aliphatic carbocycles. The first-order valence-corrected chi connectivity index (χ1v) is 9.20. The van der Waals surface area contributed by atoms with E-state index >= 15 is 0 Å². The molecular weight excluding hydrogens is 356 g/mol. The van der Waals surface area contributed by atoms with E-state index in [9.17, 15) is 4.79 Å². The number of aromatic nitrogens is 1. The fourth-order valence-corrected chi connectivity index (χ4v) is 2.70. The van der Waals surface area contributed by atoms with Gasteiger partial charge < -0.3 is 14.4 Å². The summed E-state index contributed by atoms with van der Waals surface area (Å²) in [6.45, 7) is 1.73. The van der Waals surface area contributed by atoms with Gasteiger partial charge in [-0.3, -0.25) is 0 Å². The summed E-state index contributed by atoms with van der Waals surface area (Å²) in [6, 6.07) is 19.8. The maximum absolute atomic E-state index is 10.9. The summed E-state index contributed by atoms with van der Waals surface area (Å²) in [7, 11) is 0. The minimum absolute atomic E-state index is 0.354. The number of oxazole rings is 1. The van der Waals surface area contributed by atoms with Gasteiger partial charge in [0.15, 0.2) is 11.7 Å². The molecular formula is C22H22N2O4. The molecule has 2 aromatic carbocycles. The van der Waals surface area contributed by atoms with Gasteiger partial charge in [-0.1, -0.05) is 72.7 Å². The molecule has 0 fully saturated rings. The Balaban J connectivity index is 1.74. The molecule has 0 saturated heterocycles. The van der Waals surface area contributed by atoms with Crippen molar-refractivity contribution in [1.82, 2.24) is 4.98 Å². The lowest BCUT2D eigenvalue weighted by atomic mass is 10.1. The monoisotopic (exact) mass is 378 g/mol. The molecule has 0 amide bonds. The van der Waals surface area contributed by atoms with Crippen LogP contribution < -0.4 is 0 Å². The number of hydrogen-bond donors (Lipinski definition) is 1. The fraction of sp³-hybridized carbons (Fsp3) is 0.227. The first-order valence-electron chi connectivity index (χ1n) is 9.20. The van der Waals surface area contributed by atoms with E-state index in [0.29, 0.717) is 25.2 Å². The van der Waals surface area contributed by atoms with Gasteiger partial charge in [0.05, 0.1) is 0 Å². The predicted molar refractivity (Wildman–Crippen MR) is 107 cm³/mol. The van der Waals surface area contributed by atoms with Gasteiger partial charge >= 0.3 is 5.97 Å². The molecule has 6 nitrogen and oxygen atoms in total. The third-order valence-corrected chi connectivity index (χ3v) is 4.15. The Morgan fingerprint density at radius 1 is 1.14 bits per heavy atom. The molecule has 0 bridgehead atoms. The zero-order valence-corrected chi connectivity index (χ0v) is 15.6. The summed E-state index contributed by atoms with van der Waals surface area (Å²) in [5.74, 6) is 0.300. The third-order valence-electron chi connectivity index (χ3n) is 4.15. The maximum atomic E-state index is 10.9. The molecule has 1 N–H and O–H groups in total. The third kappa shape index (κ3) is 4.85. The Hall–Kier alpha value is -3.41. The van der Waals surface area contributed by atoms with Crippen LogP contribution in [0.1, 0.15) is 25.7 Å². The number of aliphatic carboxylic acids is 1. The topological polar surface area (TPSA) is 84.9 Å². The van der Waals surface area contributed by atoms with E-state index in [1.807, 2.05) is 60.7 Å². The smallest absolute Gasteiger partial charge is 0.347 e. The molecule has 144 valence electrons. The van der Waals surface area contributed by atoms with E-state index in [1.165, 1.54) is 0 Å². The van der Waals surface area contributed by atoms with Crippen LogP contribution >= 0.6 is 0 Å². The van der Waals surface area contributed by atoms with Crippen LogP contribution in [0.5, 0.6) is 0 Å². The highest BCUT2D eigenvalue weighted by Crippen LogP contribution is 2.32. The Morgan fingerprint density at radius 3 is 2.39 bits per heavy atom. The summed E-state index contributed by atoms with van der Waals surface area (Å²) in [5.41, 5.74) is 2.75. The normalized spacial score (nSPS) is 12.2. The van der Waals surface area contributed by atoms with Crippen LogP contribution in [-0.2, 0) is 16.1 Å². The average molecular weight is 378 g/mol. The van der Waals surface area contributed by atoms with E-state index < -0.39 is 12.1 Å². The first-order chi connectivity index (χ1) is 13.7. The van der Waals surface area contributed by atoms with Crippen LogP contribution in [-0.4, -0.2) is 28.4 Å². The Labute approximate surface area is 163 Å². The maximum Gasteiger partial charge on any atom is 0.347 e. The fourth-order valence-electron chi connectivity index (χ4n) is 2.70. The second-order valence-corrected chi connectivity index (χ2v) is 6.18. The zero-order valence-electron chi connectivity index (χ0n) is 15.6. The summed E-state index contributed by atoms with van der Waals surface area (Å²) in [4.78, 5) is 20.5. The van der Waals surface area contributed by atoms with Gasteiger partial charge in [0.2, 0.25) is 6.10 Å². The van der Waals surface area contributed by atoms with Gasteiger partial charge in [-0.15, -0.1) is 0 Å². The van der Waals surface area contributed by atoms with Crippen molar-refractivity contribution in [1.29, 1.82) is 0 Å². The van der Waals surface area contributed by atoms with Crippen molar-refractivity contribution in [2.75, 3.05) is 0 Å². The van der Waals surface area contributed by atoms with E-state index in [2.05, 4.69) is 10.1 Å². The highest BCUT2D eigenvalue weighted by molar-refractivity contribution is 5.76. The van der Waals surface area contributed by atoms with Crippen LogP contribution in [0.2, 0.25) is 0 Å². The SMILES string of the molecule is CCC(O/N=C\CCc1nc(-c2ccccc2)c(-c2ccccc2)o1)C(=O)O. The molecule has 6 heteroatoms. The number of nitrogens with zero attached hydrogens (tertiary/aromatic N) is 2. The quantitative estimate of drug-likeness (QED) is 0.427. The van der Waals surface area contributed by atoms with Crippen molar-refractivity contribution in [3.05, 3.63) is 66.6 Å². The van der Waals surface area contributed by atoms with Gasteiger partial charge in [0.1, 0.15) is 5.69 Å². The minimum Gasteiger partial charge on any atom is -0.478 e. The molecule has 0 saturated carbocycles. The minimum atomic E-state index is -1.02. The second-order valence-electron chi connectivity index (χ2n) is 6.18. The summed E-state index contributed by atoms with van der Waals surface area (Å²) in [6.07, 6.45) is 2.03. The Morgan fingerprint density at radius 2 is 1.79 bits per heavy atom. The van der Waals surface area contributed by atoms with Crippen LogP contribution in [0.4, 0.5) is 0 Å². The standard InChI is InChI=1S/C22H22N2O4/c1-2-18(22(25)26)28-23-15-9-14-19-24-20(16-10-5-3-6-11-16)21(27-19)17-12-7-4-8-13-17/h3-8,10-13,15,18H,2,9,14H2,1H3,(H,25,26)/b23-15-. The number of carboxylic acid groups (broad SMARTS) is 1. The van der Waals surface area contributed by atoms with E-state index in [-0.39, 0.29) is 0 Å². The molecule has 0 spiro atoms. The number of carbonyl (C=O) groups is 1. The largest absolute Gasteiger partial charge is 0.478 e. The van der Waals surface area contributed by atoms with Crippen LogP contribution in [0.3, 0.4) is 0 Å². The van der Waals surface area contributed by atoms with E-state index in [0.717, 1.165) is 22.6 Å². The summed E-state index contributed by atoms with van der Waals surface area (Å²) >= 11 is 0. The molecule has 1 unspecified atom stereocenters. The second kappa shape index (κ2) is 9.50. The number of carboxylic acids is 1. The molecule has 1 atom stereocenters. The van der Waals surface area contributed by atoms with Crippen LogP contribution in [0, 0.1) is 0 Å². The molecule has 1 heterocycles. The number of oxime groups is 1. The molecule has 3 rings (SSSR count). The van der Waals surface area contributed by atoms with Crippen LogP contribution in [0.25, 0.3) is 22.6 Å². The van der Waals surface area contributed by atoms with Crippen molar-refractivity contribution < 1.29 is 19.2 Å². The lowest BCUT2D eigenvalue weighted by Gasteiger charge is -2.05. The first kappa shape index (κ1) is 19.4. The molecule has 0 aliphatic heterocycles. The lowest BCUT2D eigenvalue weighted by molar-refractivity contribution is -0.150. The summed E-state index contributed by atoms with van der Waals surface area (Å²) < 4.78 is 6.03. The molecule has 0 radical (unpaired) electrons. The molecule has 1 aromatic heterocycles. The van der Waals surface area contributed by atoms with Crippen molar-refractivity contribution >= 4 is 12.2 Å². The molecule has 3 aromatic rings. The number of benzene rings is 2. The number of hydrogen-bond acceptors (Lipinski definition) is 5. The van der Waals surface area contributed by atoms with Crippen molar-refractivity contribution in [2.24, 2.45) is 5.16 Å². The van der Waals surface area contributed by atoms with Crippen molar-refractivity contribution in [2.45, 2.75) is 32.3 Å². The van der Waals surface area contributed by atoms with Gasteiger partial charge in [-0.25, -0.2) is 9.78 Å².